The molecule has 0 bridgehead atoms. The number of aliphatic imine (C=N–C) groups is 1. The van der Waals surface area contributed by atoms with Crippen LogP contribution in [0.2, 0.25) is 0 Å². The van der Waals surface area contributed by atoms with Crippen LogP contribution in [0.4, 0.5) is 4.39 Å². The third kappa shape index (κ3) is 6.50. The summed E-state index contributed by atoms with van der Waals surface area (Å²) in [5.74, 6) is 1.47. The fourth-order valence-electron chi connectivity index (χ4n) is 4.78. The molecule has 1 unspecified atom stereocenters. The van der Waals surface area contributed by atoms with Gasteiger partial charge in [-0.2, -0.15) is 0 Å². The molecule has 1 atom stereocenters. The van der Waals surface area contributed by atoms with E-state index in [0.717, 1.165) is 53.6 Å². The lowest BCUT2D eigenvalue weighted by Crippen LogP contribution is -2.32. The summed E-state index contributed by atoms with van der Waals surface area (Å²) < 4.78 is 14.3. The molecule has 1 heterocycles. The monoisotopic (exact) mass is 466 g/mol. The number of alkyl halides is 1. The summed E-state index contributed by atoms with van der Waals surface area (Å²) in [5.41, 5.74) is 7.02. The van der Waals surface area contributed by atoms with E-state index >= 15 is 0 Å². The van der Waals surface area contributed by atoms with Crippen LogP contribution in [-0.2, 0) is 12.8 Å². The van der Waals surface area contributed by atoms with Crippen LogP contribution in [0.25, 0.3) is 0 Å². The first kappa shape index (κ1) is 25.6. The van der Waals surface area contributed by atoms with Gasteiger partial charge in [0.15, 0.2) is 5.17 Å². The maximum absolute atomic E-state index is 14.3. The molecule has 0 aromatic heterocycles. The van der Waals surface area contributed by atoms with Gasteiger partial charge < -0.3 is 5.32 Å². The maximum atomic E-state index is 14.3. The van der Waals surface area contributed by atoms with E-state index in [1.807, 2.05) is 6.08 Å². The van der Waals surface area contributed by atoms with E-state index in [-0.39, 0.29) is 5.92 Å². The number of aryl methyl sites for hydroxylation is 2. The van der Waals surface area contributed by atoms with Crippen LogP contribution in [0.3, 0.4) is 0 Å². The molecule has 33 heavy (non-hydrogen) atoms. The fraction of sp³-hybridized carbons (Fsp3) is 0.483. The summed E-state index contributed by atoms with van der Waals surface area (Å²) in [6, 6.07) is 6.71. The first-order valence-electron chi connectivity index (χ1n) is 12.1. The molecule has 0 amide bonds. The first-order chi connectivity index (χ1) is 15.6. The molecule has 1 N–H and O–H groups in total. The van der Waals surface area contributed by atoms with E-state index in [0.29, 0.717) is 18.8 Å². The van der Waals surface area contributed by atoms with Crippen molar-refractivity contribution in [3.63, 3.8) is 0 Å². The predicted molar refractivity (Wildman–Crippen MR) is 143 cm³/mol. The Labute approximate surface area is 204 Å². The van der Waals surface area contributed by atoms with Crippen molar-refractivity contribution >= 4 is 16.9 Å². The topological polar surface area (TPSA) is 24.4 Å². The molecule has 1 aromatic rings. The second kappa shape index (κ2) is 10.9. The zero-order valence-electron chi connectivity index (χ0n) is 20.8. The highest BCUT2D eigenvalue weighted by atomic mass is 32.2. The molecule has 0 radical (unpaired) electrons. The number of nitrogens with zero attached hydrogens (tertiary/aromatic N) is 1. The zero-order valence-corrected chi connectivity index (χ0v) is 21.6. The van der Waals surface area contributed by atoms with Gasteiger partial charge in [-0.3, -0.25) is 0 Å². The van der Waals surface area contributed by atoms with E-state index in [9.17, 15) is 4.39 Å². The average Bonchev–Trinajstić information content (AvgIpc) is 2.78. The maximum Gasteiger partial charge on any atom is 0.166 e. The van der Waals surface area contributed by atoms with Crippen LogP contribution in [-0.4, -0.2) is 16.6 Å². The highest BCUT2D eigenvalue weighted by Gasteiger charge is 2.35. The number of thioether (sulfide) groups is 1. The van der Waals surface area contributed by atoms with Gasteiger partial charge in [0, 0.05) is 22.9 Å². The van der Waals surface area contributed by atoms with Crippen LogP contribution >= 0.6 is 11.8 Å². The predicted octanol–water partition coefficient (Wildman–Crippen LogP) is 7.86. The minimum atomic E-state index is -1.02. The van der Waals surface area contributed by atoms with Gasteiger partial charge in [-0.05, 0) is 75.0 Å². The highest BCUT2D eigenvalue weighted by Crippen LogP contribution is 2.42. The molecule has 1 aliphatic carbocycles. The van der Waals surface area contributed by atoms with E-state index in [1.165, 1.54) is 22.3 Å². The summed E-state index contributed by atoms with van der Waals surface area (Å²) in [7, 11) is 0. The van der Waals surface area contributed by atoms with Gasteiger partial charge in [0.1, 0.15) is 5.67 Å². The highest BCUT2D eigenvalue weighted by molar-refractivity contribution is 8.14. The van der Waals surface area contributed by atoms with Gasteiger partial charge in [-0.15, -0.1) is 0 Å². The van der Waals surface area contributed by atoms with E-state index in [1.54, 1.807) is 18.7 Å². The molecule has 1 saturated carbocycles. The SMILES string of the molecule is C=CC1=C(C(C)C2CCC(C)(F)CC2)N=C(SCC(=C)Cc2cc(CC)ccc2C)NC1=C. The number of nitrogens with one attached hydrogen (secondary N) is 1. The molecule has 3 rings (SSSR count). The Balaban J connectivity index is 1.68. The molecule has 2 nitrogen and oxygen atoms in total. The number of hydrogen-bond donors (Lipinski definition) is 1. The fourth-order valence-corrected chi connectivity index (χ4v) is 5.58. The van der Waals surface area contributed by atoms with Crippen molar-refractivity contribution in [1.82, 2.24) is 5.32 Å². The van der Waals surface area contributed by atoms with Crippen LogP contribution in [0.1, 0.15) is 63.1 Å². The molecule has 178 valence electrons. The van der Waals surface area contributed by atoms with E-state index < -0.39 is 5.67 Å². The van der Waals surface area contributed by atoms with Crippen molar-refractivity contribution < 1.29 is 4.39 Å². The smallest absolute Gasteiger partial charge is 0.166 e. The Morgan fingerprint density at radius 3 is 2.70 bits per heavy atom. The molecular formula is C29H39FN2S. The summed E-state index contributed by atoms with van der Waals surface area (Å²) in [6.07, 6.45) is 6.81. The number of benzene rings is 1. The van der Waals surface area contributed by atoms with Crippen molar-refractivity contribution in [2.45, 2.75) is 71.9 Å². The lowest BCUT2D eigenvalue weighted by molar-refractivity contribution is 0.0913. The number of allylic oxidation sites excluding steroid dienone is 2. The average molecular weight is 467 g/mol. The quantitative estimate of drug-likeness (QED) is 0.394. The minimum Gasteiger partial charge on any atom is -0.335 e. The van der Waals surface area contributed by atoms with Gasteiger partial charge in [-0.1, -0.05) is 75.2 Å². The number of amidine groups is 1. The Kier molecular flexibility index (Phi) is 8.44. The van der Waals surface area contributed by atoms with Crippen LogP contribution in [0.15, 0.2) is 71.5 Å². The molecule has 0 spiro atoms. The number of halogens is 1. The third-order valence-corrected chi connectivity index (χ3v) is 8.19. The standard InChI is InChI=1S/C29H39FN2S/c1-8-23-11-10-20(4)25(17-23)16-19(3)18-33-28-31-22(6)26(9-2)27(32-28)21(5)24-12-14-29(7,30)15-13-24/h9-11,17,21,24H,2-3,6,8,12-16,18H2,1,4-5,7H3,(H,31,32). The van der Waals surface area contributed by atoms with E-state index in [2.05, 4.69) is 64.0 Å². The molecule has 1 aliphatic heterocycles. The largest absolute Gasteiger partial charge is 0.335 e. The van der Waals surface area contributed by atoms with Gasteiger partial charge in [0.25, 0.3) is 0 Å². The molecule has 2 aliphatic rings. The molecular weight excluding hydrogens is 427 g/mol. The molecule has 1 aromatic carbocycles. The van der Waals surface area contributed by atoms with Gasteiger partial charge in [-0.25, -0.2) is 9.38 Å². The summed E-state index contributed by atoms with van der Waals surface area (Å²) in [4.78, 5) is 5.00. The second-order valence-electron chi connectivity index (χ2n) is 9.89. The normalized spacial score (nSPS) is 24.2. The van der Waals surface area contributed by atoms with Crippen molar-refractivity contribution in [3.8, 4) is 0 Å². The summed E-state index contributed by atoms with van der Waals surface area (Å²) in [6.45, 7) is 20.9. The first-order valence-corrected chi connectivity index (χ1v) is 13.1. The number of rotatable bonds is 8. The minimum absolute atomic E-state index is 0.242. The summed E-state index contributed by atoms with van der Waals surface area (Å²) in [5, 5.41) is 4.22. The van der Waals surface area contributed by atoms with Gasteiger partial charge >= 0.3 is 0 Å². The lowest BCUT2D eigenvalue weighted by atomic mass is 9.74. The Hall–Kier alpha value is -2.07. The Bertz CT molecular complexity index is 975. The van der Waals surface area contributed by atoms with Gasteiger partial charge in [0.2, 0.25) is 0 Å². The van der Waals surface area contributed by atoms with Crippen molar-refractivity contribution in [2.24, 2.45) is 16.8 Å². The Morgan fingerprint density at radius 2 is 2.06 bits per heavy atom. The molecule has 1 fully saturated rings. The van der Waals surface area contributed by atoms with Crippen molar-refractivity contribution in [2.75, 3.05) is 5.75 Å². The van der Waals surface area contributed by atoms with Crippen LogP contribution in [0.5, 0.6) is 0 Å². The Morgan fingerprint density at radius 1 is 1.36 bits per heavy atom. The third-order valence-electron chi connectivity index (χ3n) is 7.17. The van der Waals surface area contributed by atoms with E-state index in [4.69, 9.17) is 4.99 Å². The summed E-state index contributed by atoms with van der Waals surface area (Å²) >= 11 is 1.67. The van der Waals surface area contributed by atoms with Gasteiger partial charge in [0.05, 0.1) is 5.70 Å². The van der Waals surface area contributed by atoms with Crippen molar-refractivity contribution in [3.05, 3.63) is 83.2 Å². The van der Waals surface area contributed by atoms with Crippen LogP contribution in [0, 0.1) is 18.8 Å². The zero-order chi connectivity index (χ0) is 24.2. The van der Waals surface area contributed by atoms with Crippen LogP contribution < -0.4 is 5.32 Å². The lowest BCUT2D eigenvalue weighted by Gasteiger charge is -2.36. The van der Waals surface area contributed by atoms with Crippen molar-refractivity contribution in [1.29, 1.82) is 0 Å². The molecule has 0 saturated heterocycles. The molecule has 4 heteroatoms. The second-order valence-corrected chi connectivity index (χ2v) is 10.9. The number of hydrogen-bond acceptors (Lipinski definition) is 3.